The molecule has 0 radical (unpaired) electrons. The van der Waals surface area contributed by atoms with Crippen LogP contribution in [0.4, 0.5) is 11.4 Å². The van der Waals surface area contributed by atoms with Crippen LogP contribution in [0.25, 0.3) is 0 Å². The average molecular weight is 463 g/mol. The van der Waals surface area contributed by atoms with E-state index in [1.54, 1.807) is 29.2 Å². The molecule has 0 unspecified atom stereocenters. The monoisotopic (exact) mass is 463 g/mol. The zero-order valence-electron chi connectivity index (χ0n) is 19.0. The first-order chi connectivity index (χ1) is 16.2. The van der Waals surface area contributed by atoms with Gasteiger partial charge >= 0.3 is 5.97 Å². The number of nitrogens with zero attached hydrogens (tertiary/aromatic N) is 2. The smallest absolute Gasteiger partial charge is 0.338 e. The molecule has 0 aromatic heterocycles. The molecule has 9 heteroatoms. The van der Waals surface area contributed by atoms with Crippen LogP contribution in [0.1, 0.15) is 57.8 Å². The van der Waals surface area contributed by atoms with E-state index in [1.807, 2.05) is 0 Å². The number of amides is 4. The van der Waals surface area contributed by atoms with Gasteiger partial charge in [0.15, 0.2) is 6.61 Å². The largest absolute Gasteiger partial charge is 0.452 e. The number of ether oxygens (including phenoxy) is 1. The zero-order chi connectivity index (χ0) is 24.4. The number of likely N-dealkylation sites (tertiary alicyclic amines) is 1. The topological polar surface area (TPSA) is 113 Å². The standard InChI is InChI=1S/C25H25N3O6/c1-15-9-11-27(12-10-15)22(30)14-34-25(33)17-3-8-20-21(13-17)24(32)28(23(20)31)19-6-4-18(5-7-19)26-16(2)29/h3-8,13,15H,9-12,14H2,1-2H3,(H,26,29). The van der Waals surface area contributed by atoms with Crippen molar-refractivity contribution in [2.24, 2.45) is 5.92 Å². The van der Waals surface area contributed by atoms with Crippen molar-refractivity contribution >= 4 is 41.0 Å². The van der Waals surface area contributed by atoms with Gasteiger partial charge in [0.25, 0.3) is 17.7 Å². The van der Waals surface area contributed by atoms with Crippen molar-refractivity contribution in [3.63, 3.8) is 0 Å². The molecule has 176 valence electrons. The number of nitrogens with one attached hydrogen (secondary N) is 1. The Kier molecular flexibility index (Phi) is 6.45. The van der Waals surface area contributed by atoms with Crippen molar-refractivity contribution in [2.75, 3.05) is 29.9 Å². The lowest BCUT2D eigenvalue weighted by molar-refractivity contribution is -0.135. The molecular formula is C25H25N3O6. The van der Waals surface area contributed by atoms with Crippen LogP contribution in [0.2, 0.25) is 0 Å². The molecular weight excluding hydrogens is 438 g/mol. The molecule has 1 fully saturated rings. The fraction of sp³-hybridized carbons (Fsp3) is 0.320. The minimum Gasteiger partial charge on any atom is -0.452 e. The van der Waals surface area contributed by atoms with E-state index in [0.29, 0.717) is 30.4 Å². The SMILES string of the molecule is CC(=O)Nc1ccc(N2C(=O)c3ccc(C(=O)OCC(=O)N4CCC(C)CC4)cc3C2=O)cc1. The van der Waals surface area contributed by atoms with Crippen molar-refractivity contribution in [3.8, 4) is 0 Å². The van der Waals surface area contributed by atoms with Crippen molar-refractivity contribution in [2.45, 2.75) is 26.7 Å². The normalized spacial score (nSPS) is 15.8. The molecule has 4 amide bonds. The summed E-state index contributed by atoms with van der Waals surface area (Å²) in [7, 11) is 0. The minimum atomic E-state index is -0.736. The number of imide groups is 1. The van der Waals surface area contributed by atoms with E-state index in [-0.39, 0.29) is 35.1 Å². The number of rotatable bonds is 5. The first kappa shape index (κ1) is 23.2. The second-order valence-electron chi connectivity index (χ2n) is 8.57. The molecule has 0 aliphatic carbocycles. The van der Waals surface area contributed by atoms with Crippen molar-refractivity contribution in [1.29, 1.82) is 0 Å². The molecule has 2 aromatic rings. The summed E-state index contributed by atoms with van der Waals surface area (Å²) in [6.07, 6.45) is 1.85. The Hall–Kier alpha value is -4.01. The number of carbonyl (C=O) groups is 5. The number of anilines is 2. The van der Waals surface area contributed by atoms with E-state index in [0.717, 1.165) is 17.7 Å². The van der Waals surface area contributed by atoms with E-state index < -0.39 is 17.8 Å². The Morgan fingerprint density at radius 2 is 1.62 bits per heavy atom. The number of hydrogen-bond donors (Lipinski definition) is 1. The summed E-state index contributed by atoms with van der Waals surface area (Å²) in [5.41, 5.74) is 1.22. The van der Waals surface area contributed by atoms with Gasteiger partial charge in [0, 0.05) is 25.7 Å². The van der Waals surface area contributed by atoms with Crippen molar-refractivity contribution in [1.82, 2.24) is 4.90 Å². The van der Waals surface area contributed by atoms with Gasteiger partial charge in [0.05, 0.1) is 22.4 Å². The molecule has 2 aromatic carbocycles. The number of piperidine rings is 1. The minimum absolute atomic E-state index is 0.0849. The highest BCUT2D eigenvalue weighted by atomic mass is 16.5. The summed E-state index contributed by atoms with van der Waals surface area (Å²) in [6.45, 7) is 4.45. The molecule has 0 bridgehead atoms. The molecule has 9 nitrogen and oxygen atoms in total. The number of hydrogen-bond acceptors (Lipinski definition) is 6. The van der Waals surface area contributed by atoms with Crippen LogP contribution in [0, 0.1) is 5.92 Å². The predicted molar refractivity (Wildman–Crippen MR) is 124 cm³/mol. The van der Waals surface area contributed by atoms with Gasteiger partial charge in [-0.15, -0.1) is 0 Å². The Morgan fingerprint density at radius 3 is 2.26 bits per heavy atom. The van der Waals surface area contributed by atoms with E-state index in [4.69, 9.17) is 4.74 Å². The van der Waals surface area contributed by atoms with Gasteiger partial charge in [0.2, 0.25) is 5.91 Å². The van der Waals surface area contributed by atoms with Crippen LogP contribution in [0.3, 0.4) is 0 Å². The third kappa shape index (κ3) is 4.68. The lowest BCUT2D eigenvalue weighted by atomic mass is 9.99. The Labute approximate surface area is 196 Å². The molecule has 2 heterocycles. The molecule has 0 spiro atoms. The highest BCUT2D eigenvalue weighted by Crippen LogP contribution is 2.30. The summed E-state index contributed by atoms with van der Waals surface area (Å²) >= 11 is 0. The first-order valence-corrected chi connectivity index (χ1v) is 11.1. The maximum absolute atomic E-state index is 13.0. The van der Waals surface area contributed by atoms with Gasteiger partial charge in [-0.25, -0.2) is 9.69 Å². The number of fused-ring (bicyclic) bond motifs is 1. The maximum Gasteiger partial charge on any atom is 0.338 e. The summed E-state index contributed by atoms with van der Waals surface area (Å²) in [4.78, 5) is 64.5. The third-order valence-corrected chi connectivity index (χ3v) is 6.03. The summed E-state index contributed by atoms with van der Waals surface area (Å²) in [6, 6.07) is 10.4. The average Bonchev–Trinajstić information content (AvgIpc) is 3.07. The van der Waals surface area contributed by atoms with E-state index in [9.17, 15) is 24.0 Å². The highest BCUT2D eigenvalue weighted by molar-refractivity contribution is 6.34. The molecule has 0 atom stereocenters. The fourth-order valence-corrected chi connectivity index (χ4v) is 4.06. The Balaban J connectivity index is 1.44. The second-order valence-corrected chi connectivity index (χ2v) is 8.57. The van der Waals surface area contributed by atoms with Gasteiger partial charge in [-0.1, -0.05) is 6.92 Å². The number of esters is 1. The predicted octanol–water partition coefficient (Wildman–Crippen LogP) is 2.86. The fourth-order valence-electron chi connectivity index (χ4n) is 4.06. The first-order valence-electron chi connectivity index (χ1n) is 11.1. The Morgan fingerprint density at radius 1 is 0.971 bits per heavy atom. The van der Waals surface area contributed by atoms with Crippen molar-refractivity contribution < 1.29 is 28.7 Å². The van der Waals surface area contributed by atoms with Crippen LogP contribution in [-0.4, -0.2) is 54.2 Å². The Bertz CT molecular complexity index is 1170. The van der Waals surface area contributed by atoms with Crippen LogP contribution >= 0.6 is 0 Å². The zero-order valence-corrected chi connectivity index (χ0v) is 19.0. The van der Waals surface area contributed by atoms with Gasteiger partial charge in [-0.2, -0.15) is 0 Å². The lowest BCUT2D eigenvalue weighted by Gasteiger charge is -2.30. The van der Waals surface area contributed by atoms with Gasteiger partial charge in [-0.3, -0.25) is 19.2 Å². The molecule has 34 heavy (non-hydrogen) atoms. The molecule has 4 rings (SSSR count). The van der Waals surface area contributed by atoms with E-state index >= 15 is 0 Å². The lowest BCUT2D eigenvalue weighted by Crippen LogP contribution is -2.40. The summed E-state index contributed by atoms with van der Waals surface area (Å²) in [5, 5.41) is 2.62. The van der Waals surface area contributed by atoms with E-state index in [1.165, 1.54) is 25.1 Å². The van der Waals surface area contributed by atoms with Crippen LogP contribution < -0.4 is 10.2 Å². The molecule has 2 aliphatic rings. The quantitative estimate of drug-likeness (QED) is 0.539. The highest BCUT2D eigenvalue weighted by Gasteiger charge is 2.37. The maximum atomic E-state index is 13.0. The van der Waals surface area contributed by atoms with Crippen LogP contribution in [-0.2, 0) is 14.3 Å². The molecule has 0 saturated carbocycles. The number of carbonyl (C=O) groups excluding carboxylic acids is 5. The molecule has 2 aliphatic heterocycles. The summed E-state index contributed by atoms with van der Waals surface area (Å²) < 4.78 is 5.17. The van der Waals surface area contributed by atoms with Crippen molar-refractivity contribution in [3.05, 3.63) is 59.2 Å². The second kappa shape index (κ2) is 9.46. The van der Waals surface area contributed by atoms with Gasteiger partial charge in [0.1, 0.15) is 0 Å². The van der Waals surface area contributed by atoms with Crippen LogP contribution in [0.15, 0.2) is 42.5 Å². The molecule has 1 N–H and O–H groups in total. The van der Waals surface area contributed by atoms with E-state index in [2.05, 4.69) is 12.2 Å². The number of benzene rings is 2. The third-order valence-electron chi connectivity index (χ3n) is 6.03. The van der Waals surface area contributed by atoms with Gasteiger partial charge in [-0.05, 0) is 61.2 Å². The molecule has 1 saturated heterocycles. The van der Waals surface area contributed by atoms with Crippen LogP contribution in [0.5, 0.6) is 0 Å². The van der Waals surface area contributed by atoms with Gasteiger partial charge < -0.3 is 15.0 Å². The summed E-state index contributed by atoms with van der Waals surface area (Å²) in [5.74, 6) is -1.73.